The Morgan fingerprint density at radius 2 is 1.93 bits per heavy atom. The van der Waals surface area contributed by atoms with Crippen LogP contribution in [-0.2, 0) is 0 Å². The van der Waals surface area contributed by atoms with Crippen LogP contribution in [-0.4, -0.2) is 27.1 Å². The van der Waals surface area contributed by atoms with E-state index in [1.165, 1.54) is 23.5 Å². The minimum Gasteiger partial charge on any atom is -0.508 e. The van der Waals surface area contributed by atoms with E-state index in [0.29, 0.717) is 22.9 Å². The third-order valence-electron chi connectivity index (χ3n) is 4.14. The van der Waals surface area contributed by atoms with Gasteiger partial charge < -0.3 is 10.2 Å². The van der Waals surface area contributed by atoms with Crippen molar-refractivity contribution in [2.75, 3.05) is 0 Å². The summed E-state index contributed by atoms with van der Waals surface area (Å²) in [4.78, 5) is 5.45. The number of aromatic nitrogens is 1. The predicted molar refractivity (Wildman–Crippen MR) is 104 cm³/mol. The van der Waals surface area contributed by atoms with Gasteiger partial charge in [-0.3, -0.25) is 4.99 Å². The number of aromatic hydroxyl groups is 2. The fourth-order valence-electron chi connectivity index (χ4n) is 2.55. The van der Waals surface area contributed by atoms with Gasteiger partial charge in [-0.15, -0.1) is 11.3 Å². The number of nitrogens with zero attached hydrogens (tertiary/aromatic N) is 4. The van der Waals surface area contributed by atoms with Crippen molar-refractivity contribution in [1.82, 2.24) is 4.68 Å². The van der Waals surface area contributed by atoms with Crippen molar-refractivity contribution in [2.45, 2.75) is 18.9 Å². The number of phenols is 2. The minimum atomic E-state index is -0.0203. The first kappa shape index (κ1) is 17.1. The summed E-state index contributed by atoms with van der Waals surface area (Å²) in [7, 11) is 0. The predicted octanol–water partition coefficient (Wildman–Crippen LogP) is 3.44. The Morgan fingerprint density at radius 3 is 2.59 bits per heavy atom. The average Bonchev–Trinajstić information content (AvgIpc) is 3.40. The summed E-state index contributed by atoms with van der Waals surface area (Å²) in [5.74, 6) is -0.0184. The monoisotopic (exact) mass is 376 g/mol. The first-order valence-corrected chi connectivity index (χ1v) is 9.33. The van der Waals surface area contributed by atoms with Gasteiger partial charge in [-0.25, -0.2) is 4.68 Å². The highest BCUT2D eigenvalue weighted by molar-refractivity contribution is 7.07. The topological polar surface area (TPSA) is 93.9 Å². The molecule has 2 N–H and O–H groups in total. The maximum atomic E-state index is 10.2. The lowest BCUT2D eigenvalue weighted by Crippen LogP contribution is -2.13. The van der Waals surface area contributed by atoms with Crippen molar-refractivity contribution in [3.8, 4) is 28.8 Å². The summed E-state index contributed by atoms with van der Waals surface area (Å²) in [6.45, 7) is 0. The van der Waals surface area contributed by atoms with Crippen molar-refractivity contribution < 1.29 is 10.2 Å². The van der Waals surface area contributed by atoms with Crippen LogP contribution in [0.4, 0.5) is 0 Å². The van der Waals surface area contributed by atoms with Gasteiger partial charge in [-0.1, -0.05) is 12.1 Å². The van der Waals surface area contributed by atoms with Crippen LogP contribution in [0.15, 0.2) is 57.9 Å². The Morgan fingerprint density at radius 1 is 1.15 bits per heavy atom. The molecule has 134 valence electrons. The van der Waals surface area contributed by atoms with Crippen LogP contribution >= 0.6 is 11.3 Å². The van der Waals surface area contributed by atoms with Crippen molar-refractivity contribution in [1.29, 1.82) is 5.26 Å². The third-order valence-corrected chi connectivity index (χ3v) is 4.97. The summed E-state index contributed by atoms with van der Waals surface area (Å²) in [5, 5.41) is 35.1. The molecule has 3 aromatic rings. The highest BCUT2D eigenvalue weighted by Gasteiger charge is 2.21. The molecule has 7 heteroatoms. The van der Waals surface area contributed by atoms with E-state index < -0.39 is 0 Å². The molecular formula is C20H16N4O2S. The van der Waals surface area contributed by atoms with E-state index in [0.717, 1.165) is 23.2 Å². The molecule has 0 bridgehead atoms. The van der Waals surface area contributed by atoms with Gasteiger partial charge in [0.2, 0.25) is 4.80 Å². The second-order valence-electron chi connectivity index (χ2n) is 6.26. The first-order valence-electron chi connectivity index (χ1n) is 8.45. The van der Waals surface area contributed by atoms with Crippen LogP contribution in [0, 0.1) is 11.3 Å². The van der Waals surface area contributed by atoms with E-state index in [1.807, 2.05) is 17.5 Å². The number of benzene rings is 2. The molecule has 0 saturated heterocycles. The second kappa shape index (κ2) is 7.09. The molecule has 0 unspecified atom stereocenters. The van der Waals surface area contributed by atoms with Gasteiger partial charge >= 0.3 is 0 Å². The Balaban J connectivity index is 1.78. The van der Waals surface area contributed by atoms with E-state index in [4.69, 9.17) is 10.3 Å². The molecule has 27 heavy (non-hydrogen) atoms. The number of phenolic OH excluding ortho intramolecular Hbond substituents is 2. The fraction of sp³-hybridized carbons (Fsp3) is 0.150. The van der Waals surface area contributed by atoms with E-state index in [9.17, 15) is 10.2 Å². The minimum absolute atomic E-state index is 0.00186. The summed E-state index contributed by atoms with van der Waals surface area (Å²) < 4.78 is 1.70. The van der Waals surface area contributed by atoms with E-state index in [2.05, 4.69) is 11.2 Å². The summed E-state index contributed by atoms with van der Waals surface area (Å²) in [6, 6.07) is 14.0. The number of thiazole rings is 1. The Hall–Kier alpha value is -3.37. The Bertz CT molecular complexity index is 1120. The van der Waals surface area contributed by atoms with E-state index in [-0.39, 0.29) is 11.5 Å². The van der Waals surface area contributed by atoms with Crippen LogP contribution < -0.4 is 4.80 Å². The molecule has 6 nitrogen and oxygen atoms in total. The van der Waals surface area contributed by atoms with Gasteiger partial charge in [-0.05, 0) is 42.7 Å². The van der Waals surface area contributed by atoms with Gasteiger partial charge in [-0.2, -0.15) is 10.4 Å². The quantitative estimate of drug-likeness (QED) is 0.683. The van der Waals surface area contributed by atoms with Crippen LogP contribution in [0.2, 0.25) is 0 Å². The lowest BCUT2D eigenvalue weighted by Gasteiger charge is -2.06. The molecule has 1 heterocycles. The highest BCUT2D eigenvalue weighted by atomic mass is 32.1. The third kappa shape index (κ3) is 3.76. The molecule has 4 rings (SSSR count). The van der Waals surface area contributed by atoms with Gasteiger partial charge in [0, 0.05) is 17.0 Å². The Kier molecular flexibility index (Phi) is 4.48. The molecule has 1 fully saturated rings. The molecule has 2 aromatic carbocycles. The number of hydrogen-bond acceptors (Lipinski definition) is 6. The van der Waals surface area contributed by atoms with Gasteiger partial charge in [0.05, 0.1) is 29.6 Å². The maximum Gasteiger partial charge on any atom is 0.206 e. The molecule has 0 radical (unpaired) electrons. The van der Waals surface area contributed by atoms with Gasteiger partial charge in [0.1, 0.15) is 11.5 Å². The van der Waals surface area contributed by atoms with E-state index >= 15 is 0 Å². The largest absolute Gasteiger partial charge is 0.508 e. The number of hydrogen-bond donors (Lipinski definition) is 2. The Labute approximate surface area is 159 Å². The molecular weight excluding hydrogens is 360 g/mol. The molecule has 1 aromatic heterocycles. The first-order chi connectivity index (χ1) is 13.1. The lowest BCUT2D eigenvalue weighted by molar-refractivity contribution is 0.451. The maximum absolute atomic E-state index is 10.2. The van der Waals surface area contributed by atoms with Crippen LogP contribution in [0.3, 0.4) is 0 Å². The zero-order chi connectivity index (χ0) is 18.8. The summed E-state index contributed by atoms with van der Waals surface area (Å²) in [6.07, 6.45) is 3.86. The standard InChI is InChI=1S/C20H16N4O2S/c21-10-13-1-3-14(4-2-13)11-22-24-18(12-27-20(24)23-15-5-6-15)17-8-7-16(25)9-19(17)26/h1-4,7-9,11-12,15,25-26H,5-6H2/b22-11+,23-20?. The zero-order valence-electron chi connectivity index (χ0n) is 14.3. The van der Waals surface area contributed by atoms with Crippen molar-refractivity contribution >= 4 is 17.6 Å². The highest BCUT2D eigenvalue weighted by Crippen LogP contribution is 2.32. The number of rotatable bonds is 4. The molecule has 0 aliphatic heterocycles. The van der Waals surface area contributed by atoms with Gasteiger partial charge in [0.15, 0.2) is 0 Å². The van der Waals surface area contributed by atoms with Crippen molar-refractivity contribution in [2.24, 2.45) is 10.1 Å². The summed E-state index contributed by atoms with van der Waals surface area (Å²) in [5.41, 5.74) is 2.71. The van der Waals surface area contributed by atoms with Crippen LogP contribution in [0.5, 0.6) is 11.5 Å². The molecule has 0 spiro atoms. The molecule has 1 saturated carbocycles. The molecule has 0 atom stereocenters. The molecule has 0 amide bonds. The second-order valence-corrected chi connectivity index (χ2v) is 7.09. The molecule has 1 aliphatic rings. The lowest BCUT2D eigenvalue weighted by atomic mass is 10.1. The van der Waals surface area contributed by atoms with E-state index in [1.54, 1.807) is 29.1 Å². The van der Waals surface area contributed by atoms with Crippen LogP contribution in [0.25, 0.3) is 11.3 Å². The smallest absolute Gasteiger partial charge is 0.206 e. The van der Waals surface area contributed by atoms with Crippen molar-refractivity contribution in [3.63, 3.8) is 0 Å². The molecule has 1 aliphatic carbocycles. The average molecular weight is 376 g/mol. The zero-order valence-corrected chi connectivity index (χ0v) is 15.1. The fourth-order valence-corrected chi connectivity index (χ4v) is 3.45. The summed E-state index contributed by atoms with van der Waals surface area (Å²) >= 11 is 1.46. The van der Waals surface area contributed by atoms with Crippen LogP contribution in [0.1, 0.15) is 24.0 Å². The SMILES string of the molecule is N#Cc1ccc(/C=N/n2c(-c3ccc(O)cc3O)csc2=NC2CC2)cc1. The van der Waals surface area contributed by atoms with Gasteiger partial charge in [0.25, 0.3) is 0 Å². The normalized spacial score (nSPS) is 14.6. The number of nitriles is 1. The van der Waals surface area contributed by atoms with Crippen molar-refractivity contribution in [3.05, 3.63) is 63.8 Å².